The minimum Gasteiger partial charge on any atom is -0.481 e. The lowest BCUT2D eigenvalue weighted by Crippen LogP contribution is -2.39. The second kappa shape index (κ2) is 5.77. The normalized spacial score (nSPS) is 12.3. The van der Waals surface area contributed by atoms with Crippen molar-refractivity contribution >= 4 is 22.8 Å². The molecule has 2 rings (SSSR count). The Balaban J connectivity index is 2.31. The molecule has 1 heterocycles. The SMILES string of the molecule is CCN(C(=O)c1c[nH]c2ccccc12)C(C)CC(=O)O. The van der Waals surface area contributed by atoms with Crippen molar-refractivity contribution in [2.24, 2.45) is 0 Å². The number of hydrogen-bond donors (Lipinski definition) is 2. The maximum atomic E-state index is 12.6. The van der Waals surface area contributed by atoms with Crippen molar-refractivity contribution in [1.29, 1.82) is 0 Å². The van der Waals surface area contributed by atoms with Crippen LogP contribution in [0.3, 0.4) is 0 Å². The van der Waals surface area contributed by atoms with Crippen LogP contribution in [-0.4, -0.2) is 39.5 Å². The molecule has 0 aliphatic heterocycles. The van der Waals surface area contributed by atoms with Crippen molar-refractivity contribution in [3.8, 4) is 0 Å². The van der Waals surface area contributed by atoms with Gasteiger partial charge in [0.1, 0.15) is 0 Å². The van der Waals surface area contributed by atoms with Crippen molar-refractivity contribution in [3.63, 3.8) is 0 Å². The number of hydrogen-bond acceptors (Lipinski definition) is 2. The fourth-order valence-electron chi connectivity index (χ4n) is 2.42. The lowest BCUT2D eigenvalue weighted by Gasteiger charge is -2.26. The van der Waals surface area contributed by atoms with Crippen molar-refractivity contribution in [2.75, 3.05) is 6.54 Å². The summed E-state index contributed by atoms with van der Waals surface area (Å²) < 4.78 is 0. The van der Waals surface area contributed by atoms with E-state index in [2.05, 4.69) is 4.98 Å². The highest BCUT2D eigenvalue weighted by atomic mass is 16.4. The highest BCUT2D eigenvalue weighted by molar-refractivity contribution is 6.06. The second-order valence-corrected chi connectivity index (χ2v) is 4.79. The van der Waals surface area contributed by atoms with Crippen LogP contribution in [0, 0.1) is 0 Å². The average Bonchev–Trinajstić information content (AvgIpc) is 2.82. The van der Waals surface area contributed by atoms with E-state index in [1.807, 2.05) is 31.2 Å². The monoisotopic (exact) mass is 274 g/mol. The summed E-state index contributed by atoms with van der Waals surface area (Å²) in [5, 5.41) is 9.73. The Morgan fingerprint density at radius 3 is 2.70 bits per heavy atom. The van der Waals surface area contributed by atoms with Gasteiger partial charge in [-0.15, -0.1) is 0 Å². The third kappa shape index (κ3) is 2.66. The first-order chi connectivity index (χ1) is 9.54. The van der Waals surface area contributed by atoms with E-state index in [1.54, 1.807) is 18.0 Å². The Morgan fingerprint density at radius 1 is 1.35 bits per heavy atom. The van der Waals surface area contributed by atoms with Gasteiger partial charge in [0.25, 0.3) is 5.91 Å². The van der Waals surface area contributed by atoms with Gasteiger partial charge in [-0.25, -0.2) is 0 Å². The number of nitrogens with one attached hydrogen (secondary N) is 1. The summed E-state index contributed by atoms with van der Waals surface area (Å²) in [6, 6.07) is 7.23. The molecule has 0 bridgehead atoms. The van der Waals surface area contributed by atoms with Crippen molar-refractivity contribution < 1.29 is 14.7 Å². The molecule has 5 heteroatoms. The molecule has 0 aliphatic carbocycles. The summed E-state index contributed by atoms with van der Waals surface area (Å²) in [6.45, 7) is 4.09. The number of nitrogens with zero attached hydrogens (tertiary/aromatic N) is 1. The van der Waals surface area contributed by atoms with Gasteiger partial charge in [0.2, 0.25) is 0 Å². The van der Waals surface area contributed by atoms with Crippen LogP contribution < -0.4 is 0 Å². The van der Waals surface area contributed by atoms with E-state index in [1.165, 1.54) is 0 Å². The van der Waals surface area contributed by atoms with Crippen LogP contribution in [0.2, 0.25) is 0 Å². The molecular weight excluding hydrogens is 256 g/mol. The number of aromatic nitrogens is 1. The number of carboxylic acid groups (broad SMARTS) is 1. The lowest BCUT2D eigenvalue weighted by molar-refractivity contribution is -0.138. The molecule has 5 nitrogen and oxygen atoms in total. The van der Waals surface area contributed by atoms with Crippen molar-refractivity contribution in [1.82, 2.24) is 9.88 Å². The fourth-order valence-corrected chi connectivity index (χ4v) is 2.42. The maximum absolute atomic E-state index is 12.6. The largest absolute Gasteiger partial charge is 0.481 e. The zero-order chi connectivity index (χ0) is 14.7. The Labute approximate surface area is 117 Å². The molecule has 1 amide bonds. The number of para-hydroxylation sites is 1. The first-order valence-corrected chi connectivity index (χ1v) is 6.63. The lowest BCUT2D eigenvalue weighted by atomic mass is 10.1. The van der Waals surface area contributed by atoms with Crippen LogP contribution in [0.4, 0.5) is 0 Å². The summed E-state index contributed by atoms with van der Waals surface area (Å²) in [7, 11) is 0. The predicted octanol–water partition coefficient (Wildman–Crippen LogP) is 2.49. The molecule has 2 N–H and O–H groups in total. The Morgan fingerprint density at radius 2 is 2.05 bits per heavy atom. The van der Waals surface area contributed by atoms with Gasteiger partial charge in [0, 0.05) is 29.7 Å². The molecule has 0 saturated carbocycles. The van der Waals surface area contributed by atoms with E-state index in [0.29, 0.717) is 12.1 Å². The fraction of sp³-hybridized carbons (Fsp3) is 0.333. The maximum Gasteiger partial charge on any atom is 0.305 e. The zero-order valence-electron chi connectivity index (χ0n) is 11.6. The molecular formula is C15H18N2O3. The zero-order valence-corrected chi connectivity index (χ0v) is 11.6. The first-order valence-electron chi connectivity index (χ1n) is 6.63. The molecule has 2 aromatic rings. The van der Waals surface area contributed by atoms with Crippen LogP contribution >= 0.6 is 0 Å². The number of aliphatic carboxylic acids is 1. The first kappa shape index (κ1) is 14.1. The third-order valence-electron chi connectivity index (χ3n) is 3.42. The van der Waals surface area contributed by atoms with E-state index in [4.69, 9.17) is 5.11 Å². The van der Waals surface area contributed by atoms with Gasteiger partial charge < -0.3 is 15.0 Å². The van der Waals surface area contributed by atoms with Gasteiger partial charge in [-0.3, -0.25) is 9.59 Å². The van der Waals surface area contributed by atoms with Crippen molar-refractivity contribution in [2.45, 2.75) is 26.3 Å². The van der Waals surface area contributed by atoms with Gasteiger partial charge in [-0.05, 0) is 19.9 Å². The predicted molar refractivity (Wildman–Crippen MR) is 76.7 cm³/mol. The van der Waals surface area contributed by atoms with Crippen molar-refractivity contribution in [3.05, 3.63) is 36.0 Å². The van der Waals surface area contributed by atoms with E-state index in [9.17, 15) is 9.59 Å². The molecule has 1 aromatic carbocycles. The molecule has 20 heavy (non-hydrogen) atoms. The van der Waals surface area contributed by atoms with Crippen LogP contribution in [-0.2, 0) is 4.79 Å². The number of aromatic amines is 1. The number of benzene rings is 1. The van der Waals surface area contributed by atoms with Crippen LogP contribution in [0.25, 0.3) is 10.9 Å². The van der Waals surface area contributed by atoms with E-state index >= 15 is 0 Å². The molecule has 0 saturated heterocycles. The quantitative estimate of drug-likeness (QED) is 0.879. The summed E-state index contributed by atoms with van der Waals surface area (Å²) in [6.07, 6.45) is 1.63. The van der Waals surface area contributed by atoms with Gasteiger partial charge >= 0.3 is 5.97 Å². The highest BCUT2D eigenvalue weighted by Gasteiger charge is 2.23. The molecule has 0 aliphatic rings. The van der Waals surface area contributed by atoms with Crippen LogP contribution in [0.1, 0.15) is 30.6 Å². The molecule has 0 spiro atoms. The molecule has 0 radical (unpaired) electrons. The summed E-state index contributed by atoms with van der Waals surface area (Å²) in [4.78, 5) is 28.0. The van der Waals surface area contributed by atoms with E-state index in [0.717, 1.165) is 10.9 Å². The second-order valence-electron chi connectivity index (χ2n) is 4.79. The number of amides is 1. The van der Waals surface area contributed by atoms with E-state index in [-0.39, 0.29) is 18.4 Å². The number of carbonyl (C=O) groups excluding carboxylic acids is 1. The number of rotatable bonds is 5. The standard InChI is InChI=1S/C15H18N2O3/c1-3-17(10(2)8-14(18)19)15(20)12-9-16-13-7-5-4-6-11(12)13/h4-7,9-10,16H,3,8H2,1-2H3,(H,18,19). The average molecular weight is 274 g/mol. The van der Waals surface area contributed by atoms with E-state index < -0.39 is 5.97 Å². The van der Waals surface area contributed by atoms with Gasteiger partial charge in [0.05, 0.1) is 12.0 Å². The Bertz CT molecular complexity index is 633. The molecule has 1 aromatic heterocycles. The van der Waals surface area contributed by atoms with Gasteiger partial charge in [-0.2, -0.15) is 0 Å². The molecule has 106 valence electrons. The third-order valence-corrected chi connectivity index (χ3v) is 3.42. The number of carboxylic acids is 1. The molecule has 1 atom stereocenters. The topological polar surface area (TPSA) is 73.4 Å². The molecule has 0 fully saturated rings. The summed E-state index contributed by atoms with van der Waals surface area (Å²) in [5.74, 6) is -1.04. The van der Waals surface area contributed by atoms with Crippen LogP contribution in [0.15, 0.2) is 30.5 Å². The minimum atomic E-state index is -0.900. The Kier molecular flexibility index (Phi) is 4.08. The van der Waals surface area contributed by atoms with Gasteiger partial charge in [0.15, 0.2) is 0 Å². The molecule has 1 unspecified atom stereocenters. The smallest absolute Gasteiger partial charge is 0.305 e. The Hall–Kier alpha value is -2.30. The number of H-pyrrole nitrogens is 1. The number of carbonyl (C=O) groups is 2. The number of fused-ring (bicyclic) bond motifs is 1. The summed E-state index contributed by atoms with van der Waals surface area (Å²) in [5.41, 5.74) is 1.48. The minimum absolute atomic E-state index is 0.0536. The van der Waals surface area contributed by atoms with Gasteiger partial charge in [-0.1, -0.05) is 18.2 Å². The summed E-state index contributed by atoms with van der Waals surface area (Å²) >= 11 is 0. The van der Waals surface area contributed by atoms with Crippen LogP contribution in [0.5, 0.6) is 0 Å². The highest BCUT2D eigenvalue weighted by Crippen LogP contribution is 2.20.